The lowest BCUT2D eigenvalue weighted by Crippen LogP contribution is -2.34. The summed E-state index contributed by atoms with van der Waals surface area (Å²) in [6.07, 6.45) is 10.8. The molecule has 0 aliphatic carbocycles. The monoisotopic (exact) mass is 394 g/mol. The maximum absolute atomic E-state index is 12.6. The molecule has 1 amide bonds. The molecule has 8 nitrogen and oxygen atoms in total. The topological polar surface area (TPSA) is 89.9 Å². The molecule has 4 rings (SSSR count). The lowest BCUT2D eigenvalue weighted by Gasteiger charge is -2.21. The maximum Gasteiger partial charge on any atom is 0.242 e. The number of aromatic nitrogens is 5. The van der Waals surface area contributed by atoms with E-state index in [1.54, 1.807) is 18.9 Å². The minimum absolute atomic E-state index is 0.159. The normalized spacial score (nSPS) is 17.3. The van der Waals surface area contributed by atoms with Gasteiger partial charge in [0.05, 0.1) is 23.3 Å². The standard InChI is InChI=1S/C21H26N6O2/c1-15-21(16(2)29-25-15)19-11-18(23-13-24-19)10-17-4-3-7-27(8-5-17)20(28)12-26-9-6-22-14-26/h6,9,11,13-14,17H,3-5,7-8,10,12H2,1-2H3. The molecule has 29 heavy (non-hydrogen) atoms. The van der Waals surface area contributed by atoms with Crippen LogP contribution in [-0.4, -0.2) is 48.6 Å². The number of rotatable bonds is 5. The molecule has 1 atom stereocenters. The molecule has 0 saturated carbocycles. The van der Waals surface area contributed by atoms with E-state index in [4.69, 9.17) is 4.52 Å². The van der Waals surface area contributed by atoms with Gasteiger partial charge in [-0.2, -0.15) is 0 Å². The molecule has 3 aromatic heterocycles. The Hall–Kier alpha value is -3.03. The van der Waals surface area contributed by atoms with E-state index in [1.165, 1.54) is 0 Å². The van der Waals surface area contributed by atoms with Gasteiger partial charge >= 0.3 is 0 Å². The lowest BCUT2D eigenvalue weighted by molar-refractivity contribution is -0.131. The second-order valence-corrected chi connectivity index (χ2v) is 7.71. The van der Waals surface area contributed by atoms with Crippen LogP contribution in [0.2, 0.25) is 0 Å². The quantitative estimate of drug-likeness (QED) is 0.661. The van der Waals surface area contributed by atoms with Gasteiger partial charge in [0.2, 0.25) is 5.91 Å². The fourth-order valence-corrected chi connectivity index (χ4v) is 4.05. The Kier molecular flexibility index (Phi) is 5.69. The fourth-order valence-electron chi connectivity index (χ4n) is 4.05. The van der Waals surface area contributed by atoms with Crippen LogP contribution in [0.5, 0.6) is 0 Å². The van der Waals surface area contributed by atoms with Crippen LogP contribution in [0.1, 0.15) is 36.4 Å². The van der Waals surface area contributed by atoms with Crippen LogP contribution in [0.4, 0.5) is 0 Å². The van der Waals surface area contributed by atoms with E-state index in [2.05, 4.69) is 20.1 Å². The molecule has 152 valence electrons. The average molecular weight is 394 g/mol. The van der Waals surface area contributed by atoms with Crippen molar-refractivity contribution in [2.75, 3.05) is 13.1 Å². The number of imidazole rings is 1. The molecule has 0 radical (unpaired) electrons. The Bertz CT molecular complexity index is 946. The van der Waals surface area contributed by atoms with Crippen molar-refractivity contribution in [1.29, 1.82) is 0 Å². The molecule has 3 aromatic rings. The number of likely N-dealkylation sites (tertiary alicyclic amines) is 1. The van der Waals surface area contributed by atoms with E-state index < -0.39 is 0 Å². The molecule has 1 unspecified atom stereocenters. The first kappa shape index (κ1) is 19.3. The Morgan fingerprint density at radius 2 is 2.14 bits per heavy atom. The van der Waals surface area contributed by atoms with Crippen molar-refractivity contribution < 1.29 is 9.32 Å². The van der Waals surface area contributed by atoms with Gasteiger partial charge in [0.25, 0.3) is 0 Å². The summed E-state index contributed by atoms with van der Waals surface area (Å²) in [5.74, 6) is 1.44. The van der Waals surface area contributed by atoms with Gasteiger partial charge < -0.3 is 14.0 Å². The summed E-state index contributed by atoms with van der Waals surface area (Å²) in [7, 11) is 0. The number of hydrogen-bond donors (Lipinski definition) is 0. The predicted molar refractivity (Wildman–Crippen MR) is 107 cm³/mol. The third-order valence-electron chi connectivity index (χ3n) is 5.59. The highest BCUT2D eigenvalue weighted by Gasteiger charge is 2.22. The minimum atomic E-state index is 0.159. The first-order chi connectivity index (χ1) is 14.1. The van der Waals surface area contributed by atoms with Crippen LogP contribution in [0.15, 0.2) is 35.6 Å². The number of nitrogens with zero attached hydrogens (tertiary/aromatic N) is 6. The summed E-state index contributed by atoms with van der Waals surface area (Å²) in [5, 5.41) is 4.02. The SMILES string of the molecule is Cc1noc(C)c1-c1cc(CC2CCCN(C(=O)Cn3ccnc3)CC2)ncn1. The molecule has 0 spiro atoms. The highest BCUT2D eigenvalue weighted by molar-refractivity contribution is 5.76. The van der Waals surface area contributed by atoms with E-state index in [-0.39, 0.29) is 5.91 Å². The van der Waals surface area contributed by atoms with E-state index in [9.17, 15) is 4.79 Å². The van der Waals surface area contributed by atoms with Crippen molar-refractivity contribution in [3.8, 4) is 11.3 Å². The van der Waals surface area contributed by atoms with Gasteiger partial charge in [0.15, 0.2) is 0 Å². The predicted octanol–water partition coefficient (Wildman–Crippen LogP) is 2.82. The van der Waals surface area contributed by atoms with Crippen LogP contribution in [0.25, 0.3) is 11.3 Å². The highest BCUT2D eigenvalue weighted by Crippen LogP contribution is 2.27. The zero-order valence-electron chi connectivity index (χ0n) is 16.9. The second-order valence-electron chi connectivity index (χ2n) is 7.71. The third kappa shape index (κ3) is 4.52. The number of aryl methyl sites for hydroxylation is 2. The summed E-state index contributed by atoms with van der Waals surface area (Å²) >= 11 is 0. The molecule has 4 heterocycles. The van der Waals surface area contributed by atoms with E-state index in [0.29, 0.717) is 12.5 Å². The van der Waals surface area contributed by atoms with Crippen molar-refractivity contribution in [3.05, 3.63) is 48.3 Å². The summed E-state index contributed by atoms with van der Waals surface area (Å²) in [6.45, 7) is 5.79. The van der Waals surface area contributed by atoms with E-state index in [1.807, 2.05) is 35.6 Å². The van der Waals surface area contributed by atoms with Crippen LogP contribution >= 0.6 is 0 Å². The second kappa shape index (κ2) is 8.55. The van der Waals surface area contributed by atoms with Gasteiger partial charge in [0, 0.05) is 31.2 Å². The first-order valence-corrected chi connectivity index (χ1v) is 10.1. The number of carbonyl (C=O) groups is 1. The Labute approximate surface area is 170 Å². The first-order valence-electron chi connectivity index (χ1n) is 10.1. The van der Waals surface area contributed by atoms with Crippen LogP contribution < -0.4 is 0 Å². The smallest absolute Gasteiger partial charge is 0.242 e. The molecule has 0 bridgehead atoms. The van der Waals surface area contributed by atoms with Crippen molar-refractivity contribution in [2.24, 2.45) is 5.92 Å². The molecular weight excluding hydrogens is 368 g/mol. The summed E-state index contributed by atoms with van der Waals surface area (Å²) < 4.78 is 7.10. The van der Waals surface area contributed by atoms with Crippen LogP contribution in [-0.2, 0) is 17.8 Å². The van der Waals surface area contributed by atoms with Gasteiger partial charge in [-0.05, 0) is 51.5 Å². The van der Waals surface area contributed by atoms with Crippen molar-refractivity contribution in [3.63, 3.8) is 0 Å². The minimum Gasteiger partial charge on any atom is -0.361 e. The molecule has 1 fully saturated rings. The molecule has 1 aliphatic rings. The Balaban J connectivity index is 1.38. The van der Waals surface area contributed by atoms with Crippen molar-refractivity contribution in [1.82, 2.24) is 29.6 Å². The van der Waals surface area contributed by atoms with Gasteiger partial charge in [-0.25, -0.2) is 15.0 Å². The van der Waals surface area contributed by atoms with Crippen molar-refractivity contribution >= 4 is 5.91 Å². The maximum atomic E-state index is 12.6. The number of amides is 1. The zero-order chi connectivity index (χ0) is 20.2. The molecular formula is C21H26N6O2. The molecule has 1 saturated heterocycles. The summed E-state index contributed by atoms with van der Waals surface area (Å²) in [5.41, 5.74) is 3.68. The molecule has 0 N–H and O–H groups in total. The van der Waals surface area contributed by atoms with Gasteiger partial charge in [-0.3, -0.25) is 4.79 Å². The average Bonchev–Trinajstić information content (AvgIpc) is 3.26. The zero-order valence-corrected chi connectivity index (χ0v) is 16.9. The highest BCUT2D eigenvalue weighted by atomic mass is 16.5. The van der Waals surface area contributed by atoms with Gasteiger partial charge in [-0.1, -0.05) is 5.16 Å². The molecule has 0 aromatic carbocycles. The summed E-state index contributed by atoms with van der Waals surface area (Å²) in [4.78, 5) is 27.4. The fraction of sp³-hybridized carbons (Fsp3) is 0.476. The van der Waals surface area contributed by atoms with E-state index in [0.717, 1.165) is 67.2 Å². The molecule has 1 aliphatic heterocycles. The Morgan fingerprint density at radius 3 is 2.90 bits per heavy atom. The lowest BCUT2D eigenvalue weighted by atomic mass is 9.94. The summed E-state index contributed by atoms with van der Waals surface area (Å²) in [6, 6.07) is 2.04. The number of hydrogen-bond acceptors (Lipinski definition) is 6. The van der Waals surface area contributed by atoms with Crippen molar-refractivity contribution in [2.45, 2.75) is 46.1 Å². The Morgan fingerprint density at radius 1 is 1.24 bits per heavy atom. The largest absolute Gasteiger partial charge is 0.361 e. The number of carbonyl (C=O) groups excluding carboxylic acids is 1. The third-order valence-corrected chi connectivity index (χ3v) is 5.59. The van der Waals surface area contributed by atoms with Crippen LogP contribution in [0.3, 0.4) is 0 Å². The molecule has 8 heteroatoms. The van der Waals surface area contributed by atoms with Gasteiger partial charge in [0.1, 0.15) is 18.6 Å². The van der Waals surface area contributed by atoms with Crippen LogP contribution in [0, 0.1) is 19.8 Å². The van der Waals surface area contributed by atoms with Gasteiger partial charge in [-0.15, -0.1) is 0 Å². The van der Waals surface area contributed by atoms with E-state index >= 15 is 0 Å².